The normalized spacial score (nSPS) is 10.3. The van der Waals surface area contributed by atoms with E-state index in [2.05, 4.69) is 29.2 Å². The van der Waals surface area contributed by atoms with Crippen LogP contribution in [-0.4, -0.2) is 16.1 Å². The van der Waals surface area contributed by atoms with Gasteiger partial charge >= 0.3 is 5.97 Å². The fourth-order valence-corrected chi connectivity index (χ4v) is 1.61. The van der Waals surface area contributed by atoms with Gasteiger partial charge in [-0.1, -0.05) is 29.8 Å². The zero-order valence-electron chi connectivity index (χ0n) is 9.03. The van der Waals surface area contributed by atoms with Crippen molar-refractivity contribution in [3.05, 3.63) is 58.9 Å². The molecule has 1 heterocycles. The van der Waals surface area contributed by atoms with E-state index in [0.29, 0.717) is 0 Å². The van der Waals surface area contributed by atoms with Gasteiger partial charge in [0.05, 0.1) is 0 Å². The largest absolute Gasteiger partial charge is 0.477 e. The Hall–Kier alpha value is -2.03. The van der Waals surface area contributed by atoms with E-state index in [1.54, 1.807) is 12.3 Å². The Morgan fingerprint density at radius 3 is 2.50 bits per heavy atom. The van der Waals surface area contributed by atoms with Crippen LogP contribution in [-0.2, 0) is 6.42 Å². The number of benzene rings is 1. The first-order chi connectivity index (χ1) is 7.65. The van der Waals surface area contributed by atoms with Gasteiger partial charge in [0.2, 0.25) is 0 Å². The minimum atomic E-state index is -0.921. The Balaban J connectivity index is 2.14. The average Bonchev–Trinajstić information content (AvgIpc) is 2.70. The van der Waals surface area contributed by atoms with E-state index in [4.69, 9.17) is 5.11 Å². The van der Waals surface area contributed by atoms with Crippen LogP contribution in [0.1, 0.15) is 27.2 Å². The predicted molar refractivity (Wildman–Crippen MR) is 61.7 cm³/mol. The number of hydrogen-bond donors (Lipinski definition) is 2. The third kappa shape index (κ3) is 2.31. The molecule has 0 aliphatic rings. The monoisotopic (exact) mass is 215 g/mol. The summed E-state index contributed by atoms with van der Waals surface area (Å²) in [6.07, 6.45) is 2.49. The van der Waals surface area contributed by atoms with E-state index >= 15 is 0 Å². The number of hydrogen-bond acceptors (Lipinski definition) is 1. The number of aromatic carboxylic acids is 1. The molecular weight excluding hydrogens is 202 g/mol. The van der Waals surface area contributed by atoms with Gasteiger partial charge in [0.15, 0.2) is 0 Å². The summed E-state index contributed by atoms with van der Waals surface area (Å²) in [4.78, 5) is 13.4. The molecule has 2 rings (SSSR count). The first-order valence-electron chi connectivity index (χ1n) is 5.11. The van der Waals surface area contributed by atoms with Crippen molar-refractivity contribution < 1.29 is 9.90 Å². The van der Waals surface area contributed by atoms with Crippen molar-refractivity contribution >= 4 is 5.97 Å². The minimum Gasteiger partial charge on any atom is -0.477 e. The van der Waals surface area contributed by atoms with Gasteiger partial charge < -0.3 is 10.1 Å². The number of nitrogens with one attached hydrogen (secondary N) is 1. The van der Waals surface area contributed by atoms with Crippen molar-refractivity contribution in [2.75, 3.05) is 0 Å². The van der Waals surface area contributed by atoms with Crippen LogP contribution in [0.3, 0.4) is 0 Å². The maximum absolute atomic E-state index is 10.7. The lowest BCUT2D eigenvalue weighted by Crippen LogP contribution is -1.94. The molecular formula is C13H13NO2. The number of carbonyl (C=O) groups is 1. The summed E-state index contributed by atoms with van der Waals surface area (Å²) < 4.78 is 0. The van der Waals surface area contributed by atoms with Crippen LogP contribution >= 0.6 is 0 Å². The highest BCUT2D eigenvalue weighted by Crippen LogP contribution is 2.11. The highest BCUT2D eigenvalue weighted by Gasteiger charge is 2.06. The molecule has 2 aromatic rings. The fourth-order valence-electron chi connectivity index (χ4n) is 1.61. The Kier molecular flexibility index (Phi) is 2.77. The van der Waals surface area contributed by atoms with E-state index in [0.717, 1.165) is 12.0 Å². The van der Waals surface area contributed by atoms with Crippen LogP contribution in [0.4, 0.5) is 0 Å². The van der Waals surface area contributed by atoms with Crippen molar-refractivity contribution in [3.63, 3.8) is 0 Å². The first-order valence-corrected chi connectivity index (χ1v) is 5.11. The van der Waals surface area contributed by atoms with E-state index in [9.17, 15) is 4.79 Å². The molecule has 0 saturated carbocycles. The molecule has 0 saturated heterocycles. The molecule has 0 bridgehead atoms. The molecule has 0 unspecified atom stereocenters. The van der Waals surface area contributed by atoms with E-state index < -0.39 is 5.97 Å². The SMILES string of the molecule is Cc1ccc(Cc2c[nH]c(C(=O)O)c2)cc1. The third-order valence-corrected chi connectivity index (χ3v) is 2.50. The maximum Gasteiger partial charge on any atom is 0.352 e. The zero-order valence-corrected chi connectivity index (χ0v) is 9.03. The molecule has 16 heavy (non-hydrogen) atoms. The van der Waals surface area contributed by atoms with Crippen LogP contribution in [0.25, 0.3) is 0 Å². The van der Waals surface area contributed by atoms with Crippen LogP contribution in [0.15, 0.2) is 36.5 Å². The molecule has 0 fully saturated rings. The smallest absolute Gasteiger partial charge is 0.352 e. The molecule has 3 heteroatoms. The molecule has 0 aliphatic heterocycles. The van der Waals surface area contributed by atoms with Crippen molar-refractivity contribution in [1.29, 1.82) is 0 Å². The summed E-state index contributed by atoms with van der Waals surface area (Å²) >= 11 is 0. The Morgan fingerprint density at radius 1 is 1.25 bits per heavy atom. The number of aryl methyl sites for hydroxylation is 1. The molecule has 0 spiro atoms. The van der Waals surface area contributed by atoms with Crippen molar-refractivity contribution in [2.24, 2.45) is 0 Å². The highest BCUT2D eigenvalue weighted by atomic mass is 16.4. The minimum absolute atomic E-state index is 0.238. The highest BCUT2D eigenvalue weighted by molar-refractivity contribution is 5.85. The van der Waals surface area contributed by atoms with Crippen LogP contribution < -0.4 is 0 Å². The summed E-state index contributed by atoms with van der Waals surface area (Å²) in [6.45, 7) is 2.04. The second-order valence-corrected chi connectivity index (χ2v) is 3.89. The Labute approximate surface area is 93.7 Å². The quantitative estimate of drug-likeness (QED) is 0.826. The molecule has 0 amide bonds. The number of carboxylic acids is 1. The van der Waals surface area contributed by atoms with Gasteiger partial charge in [-0.2, -0.15) is 0 Å². The van der Waals surface area contributed by atoms with Gasteiger partial charge in [0.25, 0.3) is 0 Å². The topological polar surface area (TPSA) is 53.1 Å². The second kappa shape index (κ2) is 4.23. The predicted octanol–water partition coefficient (Wildman–Crippen LogP) is 2.61. The Bertz CT molecular complexity index is 497. The van der Waals surface area contributed by atoms with Crippen molar-refractivity contribution in [3.8, 4) is 0 Å². The van der Waals surface area contributed by atoms with E-state index in [-0.39, 0.29) is 5.69 Å². The number of aromatic amines is 1. The van der Waals surface area contributed by atoms with Gasteiger partial charge in [-0.25, -0.2) is 4.79 Å². The van der Waals surface area contributed by atoms with Gasteiger partial charge in [-0.15, -0.1) is 0 Å². The number of rotatable bonds is 3. The van der Waals surface area contributed by atoms with Crippen molar-refractivity contribution in [1.82, 2.24) is 4.98 Å². The standard InChI is InChI=1S/C13H13NO2/c1-9-2-4-10(5-3-9)6-11-7-12(13(15)16)14-8-11/h2-5,7-8,14H,6H2,1H3,(H,15,16). The molecule has 3 nitrogen and oxygen atoms in total. The number of carboxylic acid groups (broad SMARTS) is 1. The van der Waals surface area contributed by atoms with Crippen LogP contribution in [0, 0.1) is 6.92 Å². The van der Waals surface area contributed by atoms with Gasteiger partial charge in [0.1, 0.15) is 5.69 Å². The first kappa shape index (κ1) is 10.5. The molecule has 1 aromatic heterocycles. The van der Waals surface area contributed by atoms with Crippen LogP contribution in [0.2, 0.25) is 0 Å². The Morgan fingerprint density at radius 2 is 1.94 bits per heavy atom. The van der Waals surface area contributed by atoms with Crippen molar-refractivity contribution in [2.45, 2.75) is 13.3 Å². The van der Waals surface area contributed by atoms with E-state index in [1.165, 1.54) is 11.1 Å². The lowest BCUT2D eigenvalue weighted by molar-refractivity contribution is 0.0691. The van der Waals surface area contributed by atoms with E-state index in [1.807, 2.05) is 6.92 Å². The van der Waals surface area contributed by atoms with Gasteiger partial charge in [-0.3, -0.25) is 0 Å². The summed E-state index contributed by atoms with van der Waals surface area (Å²) in [6, 6.07) is 9.90. The van der Waals surface area contributed by atoms with Gasteiger partial charge in [-0.05, 0) is 30.5 Å². The van der Waals surface area contributed by atoms with Gasteiger partial charge in [0, 0.05) is 6.20 Å². The molecule has 0 radical (unpaired) electrons. The van der Waals surface area contributed by atoms with Crippen LogP contribution in [0.5, 0.6) is 0 Å². The molecule has 2 N–H and O–H groups in total. The summed E-state index contributed by atoms with van der Waals surface area (Å²) in [5.74, 6) is -0.921. The zero-order chi connectivity index (χ0) is 11.5. The lowest BCUT2D eigenvalue weighted by atomic mass is 10.1. The molecule has 82 valence electrons. The summed E-state index contributed by atoms with van der Waals surface area (Å²) in [5.41, 5.74) is 3.63. The molecule has 0 aliphatic carbocycles. The second-order valence-electron chi connectivity index (χ2n) is 3.89. The number of H-pyrrole nitrogens is 1. The fraction of sp³-hybridized carbons (Fsp3) is 0.154. The summed E-state index contributed by atoms with van der Waals surface area (Å²) in [7, 11) is 0. The lowest BCUT2D eigenvalue weighted by Gasteiger charge is -1.99. The average molecular weight is 215 g/mol. The number of aromatic nitrogens is 1. The summed E-state index contributed by atoms with van der Waals surface area (Å²) in [5, 5.41) is 8.77. The maximum atomic E-state index is 10.7. The molecule has 0 atom stereocenters. The molecule has 1 aromatic carbocycles. The third-order valence-electron chi connectivity index (χ3n) is 2.50.